The van der Waals surface area contributed by atoms with Gasteiger partial charge in [-0.25, -0.2) is 0 Å². The van der Waals surface area contributed by atoms with Crippen molar-refractivity contribution in [3.8, 4) is 17.3 Å². The summed E-state index contributed by atoms with van der Waals surface area (Å²) in [6.45, 7) is 9.34. The molecule has 0 spiro atoms. The molecule has 4 rings (SSSR count). The Bertz CT molecular complexity index is 1230. The average molecular weight is 367 g/mol. The van der Waals surface area contributed by atoms with E-state index in [0.29, 0.717) is 5.56 Å². The Morgan fingerprint density at radius 3 is 2.37 bits per heavy atom. The maximum atomic E-state index is 9.62. The second-order valence-corrected chi connectivity index (χ2v) is 13.2. The molecule has 2 nitrogen and oxygen atoms in total. The predicted octanol–water partition coefficient (Wildman–Crippen LogP) is 5.78. The molecule has 0 N–H and O–H groups in total. The molecule has 0 fully saturated rings. The molecule has 0 unspecified atom stereocenters. The van der Waals surface area contributed by atoms with Gasteiger partial charge in [-0.3, -0.25) is 4.98 Å². The molecule has 0 saturated heterocycles. The smallest absolute Gasteiger partial charge is 0.0998 e. The highest BCUT2D eigenvalue weighted by atomic mass is 28.3. The van der Waals surface area contributed by atoms with Crippen molar-refractivity contribution in [2.24, 2.45) is 0 Å². The Kier molecular flexibility index (Phi) is 4.09. The summed E-state index contributed by atoms with van der Waals surface area (Å²) >= 11 is 0. The zero-order chi connectivity index (χ0) is 19.2. The third kappa shape index (κ3) is 3.03. The summed E-state index contributed by atoms with van der Waals surface area (Å²) in [7, 11) is -1.41. The molecule has 3 aromatic carbocycles. The lowest BCUT2D eigenvalue weighted by Gasteiger charge is -2.21. The van der Waals surface area contributed by atoms with Gasteiger partial charge in [-0.05, 0) is 47.3 Å². The largest absolute Gasteiger partial charge is 0.256 e. The Morgan fingerprint density at radius 1 is 0.889 bits per heavy atom. The minimum atomic E-state index is -1.41. The molecule has 0 aliphatic rings. The number of hydrogen-bond donors (Lipinski definition) is 0. The third-order valence-corrected chi connectivity index (χ3v) is 7.33. The van der Waals surface area contributed by atoms with Gasteiger partial charge < -0.3 is 0 Å². The summed E-state index contributed by atoms with van der Waals surface area (Å²) in [5, 5.41) is 15.5. The first-order chi connectivity index (χ1) is 12.9. The van der Waals surface area contributed by atoms with Crippen molar-refractivity contribution in [3.05, 3.63) is 71.9 Å². The van der Waals surface area contributed by atoms with Crippen LogP contribution in [0.4, 0.5) is 0 Å². The number of aryl methyl sites for hydroxylation is 1. The number of nitrogens with zero attached hydrogens (tertiary/aromatic N) is 2. The van der Waals surface area contributed by atoms with Gasteiger partial charge in [-0.2, -0.15) is 5.26 Å². The van der Waals surface area contributed by atoms with Crippen LogP contribution in [0.5, 0.6) is 0 Å². The lowest BCUT2D eigenvalue weighted by molar-refractivity contribution is 1.35. The van der Waals surface area contributed by atoms with E-state index in [9.17, 15) is 5.26 Å². The van der Waals surface area contributed by atoms with Crippen LogP contribution in [0.2, 0.25) is 19.6 Å². The van der Waals surface area contributed by atoms with Crippen molar-refractivity contribution in [3.63, 3.8) is 0 Å². The Balaban J connectivity index is 2.02. The Morgan fingerprint density at radius 2 is 1.63 bits per heavy atom. The molecule has 1 aromatic heterocycles. The van der Waals surface area contributed by atoms with Gasteiger partial charge in [0.1, 0.15) is 0 Å². The molecule has 0 saturated carbocycles. The Hall–Kier alpha value is -2.96. The zero-order valence-electron chi connectivity index (χ0n) is 16.2. The van der Waals surface area contributed by atoms with Crippen molar-refractivity contribution < 1.29 is 0 Å². The van der Waals surface area contributed by atoms with Gasteiger partial charge in [0, 0.05) is 17.1 Å². The average Bonchev–Trinajstić information content (AvgIpc) is 2.65. The second-order valence-electron chi connectivity index (χ2n) is 8.15. The van der Waals surface area contributed by atoms with E-state index in [-0.39, 0.29) is 0 Å². The number of hydrogen-bond acceptors (Lipinski definition) is 2. The number of fused-ring (bicyclic) bond motifs is 2. The third-order valence-electron chi connectivity index (χ3n) is 5.17. The summed E-state index contributed by atoms with van der Waals surface area (Å²) in [6.07, 6.45) is 1.88. The second kappa shape index (κ2) is 6.33. The molecule has 0 aliphatic carbocycles. The minimum Gasteiger partial charge on any atom is -0.256 e. The normalized spacial score (nSPS) is 11.7. The molecule has 0 radical (unpaired) electrons. The van der Waals surface area contributed by atoms with Gasteiger partial charge in [0.25, 0.3) is 0 Å². The van der Waals surface area contributed by atoms with Gasteiger partial charge in [0.15, 0.2) is 0 Å². The topological polar surface area (TPSA) is 36.7 Å². The molecular weight excluding hydrogens is 344 g/mol. The van der Waals surface area contributed by atoms with Crippen molar-refractivity contribution >= 4 is 34.8 Å². The fraction of sp³-hybridized carbons (Fsp3) is 0.167. The summed E-state index contributed by atoms with van der Waals surface area (Å²) < 4.78 is 0. The quantitative estimate of drug-likeness (QED) is 0.422. The maximum Gasteiger partial charge on any atom is 0.0998 e. The summed E-state index contributed by atoms with van der Waals surface area (Å²) in [5.41, 5.74) is 3.96. The van der Waals surface area contributed by atoms with Crippen molar-refractivity contribution in [1.29, 1.82) is 5.26 Å². The highest BCUT2D eigenvalue weighted by Crippen LogP contribution is 2.31. The Labute approximate surface area is 161 Å². The molecule has 0 aliphatic heterocycles. The summed E-state index contributed by atoms with van der Waals surface area (Å²) in [5.74, 6) is 0. The van der Waals surface area contributed by atoms with Crippen LogP contribution in [0.3, 0.4) is 0 Å². The highest BCUT2D eigenvalue weighted by molar-refractivity contribution is 6.89. The number of rotatable bonds is 2. The molecule has 0 amide bonds. The molecule has 3 heteroatoms. The lowest BCUT2D eigenvalue weighted by Crippen LogP contribution is -2.39. The molecule has 27 heavy (non-hydrogen) atoms. The molecular formula is C24H22N2Si. The molecule has 1 heterocycles. The summed E-state index contributed by atoms with van der Waals surface area (Å²) in [4.78, 5) is 4.69. The molecule has 0 atom stereocenters. The fourth-order valence-electron chi connectivity index (χ4n) is 3.91. The van der Waals surface area contributed by atoms with E-state index in [1.54, 1.807) is 0 Å². The first-order valence-corrected chi connectivity index (χ1v) is 12.7. The van der Waals surface area contributed by atoms with E-state index in [1.807, 2.05) is 30.5 Å². The molecule has 132 valence electrons. The van der Waals surface area contributed by atoms with Crippen LogP contribution in [-0.2, 0) is 0 Å². The zero-order valence-corrected chi connectivity index (χ0v) is 17.2. The standard InChI is InChI=1S/C24H22N2Si/c1-16-11-22-18(14-23(16)27(2,3)4)9-10-26-24(22)19-12-17-7-5-6-8-21(17)20(13-19)15-25/h5-14H,1-4H3. The monoisotopic (exact) mass is 366 g/mol. The first kappa shape index (κ1) is 17.5. The van der Waals surface area contributed by atoms with Crippen LogP contribution < -0.4 is 5.19 Å². The fourth-order valence-corrected chi connectivity index (χ4v) is 5.75. The number of benzene rings is 3. The van der Waals surface area contributed by atoms with Gasteiger partial charge in [-0.15, -0.1) is 0 Å². The van der Waals surface area contributed by atoms with Crippen LogP contribution in [0, 0.1) is 18.3 Å². The number of nitriles is 1. The van der Waals surface area contributed by atoms with E-state index in [2.05, 4.69) is 63.0 Å². The van der Waals surface area contributed by atoms with Crippen LogP contribution in [0.15, 0.2) is 60.8 Å². The van der Waals surface area contributed by atoms with Crippen molar-refractivity contribution in [2.75, 3.05) is 0 Å². The molecule has 0 bridgehead atoms. The SMILES string of the molecule is Cc1cc2c(-c3cc(C#N)c4ccccc4c3)nccc2cc1[Si](C)(C)C. The van der Waals surface area contributed by atoms with Gasteiger partial charge in [0.2, 0.25) is 0 Å². The van der Waals surface area contributed by atoms with Crippen molar-refractivity contribution in [2.45, 2.75) is 26.6 Å². The predicted molar refractivity (Wildman–Crippen MR) is 117 cm³/mol. The van der Waals surface area contributed by atoms with Gasteiger partial charge >= 0.3 is 0 Å². The lowest BCUT2D eigenvalue weighted by atomic mass is 9.97. The molecule has 4 aromatic rings. The van der Waals surface area contributed by atoms with E-state index in [0.717, 1.165) is 27.4 Å². The maximum absolute atomic E-state index is 9.62. The van der Waals surface area contributed by atoms with Gasteiger partial charge in [0.05, 0.1) is 25.4 Å². The van der Waals surface area contributed by atoms with Crippen LogP contribution >= 0.6 is 0 Å². The van der Waals surface area contributed by atoms with Crippen LogP contribution in [0.25, 0.3) is 32.8 Å². The van der Waals surface area contributed by atoms with E-state index in [1.165, 1.54) is 16.1 Å². The number of aromatic nitrogens is 1. The number of pyridine rings is 1. The highest BCUT2D eigenvalue weighted by Gasteiger charge is 2.20. The van der Waals surface area contributed by atoms with E-state index >= 15 is 0 Å². The van der Waals surface area contributed by atoms with E-state index < -0.39 is 8.07 Å². The van der Waals surface area contributed by atoms with Crippen molar-refractivity contribution in [1.82, 2.24) is 4.98 Å². The van der Waals surface area contributed by atoms with Gasteiger partial charge in [-0.1, -0.05) is 60.7 Å². The van der Waals surface area contributed by atoms with E-state index in [4.69, 9.17) is 4.98 Å². The van der Waals surface area contributed by atoms with Crippen LogP contribution in [0.1, 0.15) is 11.1 Å². The first-order valence-electron chi connectivity index (χ1n) is 9.21. The summed E-state index contributed by atoms with van der Waals surface area (Å²) in [6, 6.07) is 21.2. The minimum absolute atomic E-state index is 0.692. The van der Waals surface area contributed by atoms with Crippen LogP contribution in [-0.4, -0.2) is 13.1 Å².